The molecule has 1 unspecified atom stereocenters. The lowest BCUT2D eigenvalue weighted by Crippen LogP contribution is -2.48. The van der Waals surface area contributed by atoms with Crippen LogP contribution in [0.1, 0.15) is 12.5 Å². The number of hydrogen-bond donors (Lipinski definition) is 1. The molecule has 0 bridgehead atoms. The van der Waals surface area contributed by atoms with E-state index in [4.69, 9.17) is 14.9 Å². The van der Waals surface area contributed by atoms with Crippen molar-refractivity contribution in [2.45, 2.75) is 17.7 Å². The van der Waals surface area contributed by atoms with E-state index >= 15 is 0 Å². The van der Waals surface area contributed by atoms with Gasteiger partial charge in [-0.15, -0.1) is 0 Å². The molecule has 0 radical (unpaired) electrons. The van der Waals surface area contributed by atoms with E-state index in [9.17, 15) is 4.79 Å². The van der Waals surface area contributed by atoms with Gasteiger partial charge in [0.25, 0.3) is 5.22 Å². The largest absolute Gasteiger partial charge is 0.464 e. The zero-order chi connectivity index (χ0) is 14.4. The topological polar surface area (TPSA) is 78.4 Å². The van der Waals surface area contributed by atoms with Crippen molar-refractivity contribution in [1.29, 1.82) is 0 Å². The number of aromatic nitrogens is 1. The number of carbonyl (C=O) groups excluding carboxylic acids is 1. The van der Waals surface area contributed by atoms with Gasteiger partial charge in [0, 0.05) is 5.75 Å². The van der Waals surface area contributed by atoms with Crippen LogP contribution < -0.4 is 5.73 Å². The molecule has 0 amide bonds. The quantitative estimate of drug-likeness (QED) is 0.649. The van der Waals surface area contributed by atoms with Crippen LogP contribution in [0, 0.1) is 0 Å². The Morgan fingerprint density at radius 3 is 2.80 bits per heavy atom. The Kier molecular flexibility index (Phi) is 4.81. The number of hydrogen-bond acceptors (Lipinski definition) is 6. The van der Waals surface area contributed by atoms with E-state index in [0.717, 1.165) is 0 Å². The Bertz CT molecular complexity index is 545. The Hall–Kier alpha value is -1.79. The third-order valence-electron chi connectivity index (χ3n) is 2.76. The van der Waals surface area contributed by atoms with Gasteiger partial charge in [0.05, 0.1) is 12.8 Å². The van der Waals surface area contributed by atoms with Crippen LogP contribution in [-0.4, -0.2) is 23.3 Å². The van der Waals surface area contributed by atoms with Gasteiger partial charge in [0.2, 0.25) is 0 Å². The second-order valence-corrected chi connectivity index (χ2v) is 5.07. The van der Waals surface area contributed by atoms with E-state index in [1.807, 2.05) is 30.3 Å². The van der Waals surface area contributed by atoms with Crippen molar-refractivity contribution >= 4 is 17.7 Å². The van der Waals surface area contributed by atoms with Gasteiger partial charge in [-0.2, -0.15) is 0 Å². The monoisotopic (exact) mass is 292 g/mol. The Balaban J connectivity index is 2.22. The molecule has 0 aliphatic rings. The molecule has 0 saturated heterocycles. The first-order valence-corrected chi connectivity index (χ1v) is 7.19. The average molecular weight is 292 g/mol. The molecule has 1 aromatic carbocycles. The third kappa shape index (κ3) is 3.20. The molecule has 2 N–H and O–H groups in total. The van der Waals surface area contributed by atoms with Crippen LogP contribution in [-0.2, 0) is 15.1 Å². The molecule has 1 atom stereocenters. The summed E-state index contributed by atoms with van der Waals surface area (Å²) < 4.78 is 10.3. The van der Waals surface area contributed by atoms with Gasteiger partial charge in [-0.05, 0) is 12.5 Å². The molecule has 0 aliphatic carbocycles. The van der Waals surface area contributed by atoms with E-state index in [2.05, 4.69) is 4.98 Å². The molecule has 1 aromatic heterocycles. The maximum atomic E-state index is 12.2. The van der Waals surface area contributed by atoms with E-state index in [-0.39, 0.29) is 12.4 Å². The van der Waals surface area contributed by atoms with Gasteiger partial charge in [-0.1, -0.05) is 42.1 Å². The van der Waals surface area contributed by atoms with Gasteiger partial charge in [0.1, 0.15) is 11.8 Å². The third-order valence-corrected chi connectivity index (χ3v) is 3.81. The Morgan fingerprint density at radius 2 is 2.20 bits per heavy atom. The number of carbonyl (C=O) groups is 1. The summed E-state index contributed by atoms with van der Waals surface area (Å²) in [5.41, 5.74) is 5.78. The van der Waals surface area contributed by atoms with Gasteiger partial charge in [-0.25, -0.2) is 9.78 Å². The number of oxazole rings is 1. The van der Waals surface area contributed by atoms with E-state index in [0.29, 0.717) is 10.8 Å². The summed E-state index contributed by atoms with van der Waals surface area (Å²) in [6, 6.07) is 9.17. The highest BCUT2D eigenvalue weighted by Crippen LogP contribution is 2.28. The molecule has 0 aliphatic heterocycles. The first kappa shape index (κ1) is 14.6. The Labute approximate surface area is 121 Å². The van der Waals surface area contributed by atoms with E-state index in [1.54, 1.807) is 13.1 Å². The van der Waals surface area contributed by atoms with Crippen molar-refractivity contribution in [3.8, 4) is 0 Å². The summed E-state index contributed by atoms with van der Waals surface area (Å²) in [5, 5.41) is 0.472. The average Bonchev–Trinajstić information content (AvgIpc) is 2.99. The van der Waals surface area contributed by atoms with Crippen LogP contribution in [0.4, 0.5) is 0 Å². The number of benzene rings is 1. The number of thioether (sulfide) groups is 1. The number of nitrogens with zero attached hydrogens (tertiary/aromatic N) is 1. The van der Waals surface area contributed by atoms with Crippen LogP contribution in [0.15, 0.2) is 52.4 Å². The van der Waals surface area contributed by atoms with Crippen LogP contribution in [0.25, 0.3) is 0 Å². The summed E-state index contributed by atoms with van der Waals surface area (Å²) >= 11 is 1.28. The van der Waals surface area contributed by atoms with Crippen LogP contribution in [0.2, 0.25) is 0 Å². The van der Waals surface area contributed by atoms with Gasteiger partial charge in [-0.3, -0.25) is 0 Å². The standard InChI is InChI=1S/C14H16N2O3S/c1-2-18-12(17)14(15,11-6-4-3-5-7-11)10-20-13-16-8-9-19-13/h3-9H,2,10,15H2,1H3. The van der Waals surface area contributed by atoms with Gasteiger partial charge < -0.3 is 14.9 Å². The second kappa shape index (κ2) is 6.58. The minimum absolute atomic E-state index is 0.286. The van der Waals surface area contributed by atoms with Crippen molar-refractivity contribution in [1.82, 2.24) is 4.98 Å². The first-order chi connectivity index (χ1) is 9.66. The molecule has 2 rings (SSSR count). The van der Waals surface area contributed by atoms with Gasteiger partial charge in [0.15, 0.2) is 0 Å². The summed E-state index contributed by atoms with van der Waals surface area (Å²) in [5.74, 6) is -0.165. The number of nitrogens with two attached hydrogens (primary N) is 1. The zero-order valence-electron chi connectivity index (χ0n) is 11.1. The summed E-state index contributed by atoms with van der Waals surface area (Å²) in [7, 11) is 0. The summed E-state index contributed by atoms with van der Waals surface area (Å²) in [6.07, 6.45) is 3.03. The summed E-state index contributed by atoms with van der Waals surface area (Å²) in [4.78, 5) is 16.2. The van der Waals surface area contributed by atoms with Crippen LogP contribution in [0.5, 0.6) is 0 Å². The lowest BCUT2D eigenvalue weighted by atomic mass is 9.93. The van der Waals surface area contributed by atoms with Crippen LogP contribution in [0.3, 0.4) is 0 Å². The highest BCUT2D eigenvalue weighted by Gasteiger charge is 2.38. The van der Waals surface area contributed by atoms with Crippen LogP contribution >= 0.6 is 11.8 Å². The van der Waals surface area contributed by atoms with E-state index in [1.165, 1.54) is 18.0 Å². The summed E-state index contributed by atoms with van der Waals surface area (Å²) in [6.45, 7) is 2.04. The molecule has 20 heavy (non-hydrogen) atoms. The fourth-order valence-corrected chi connectivity index (χ4v) is 2.61. The molecule has 0 saturated carbocycles. The predicted molar refractivity (Wildman–Crippen MR) is 76.2 cm³/mol. The molecule has 2 aromatic rings. The molecule has 106 valence electrons. The highest BCUT2D eigenvalue weighted by molar-refractivity contribution is 7.99. The zero-order valence-corrected chi connectivity index (χ0v) is 11.9. The SMILES string of the molecule is CCOC(=O)C(N)(CSc1ncco1)c1ccccc1. The molecule has 1 heterocycles. The van der Waals surface area contributed by atoms with Crippen molar-refractivity contribution < 1.29 is 13.9 Å². The smallest absolute Gasteiger partial charge is 0.331 e. The fourth-order valence-electron chi connectivity index (χ4n) is 1.71. The Morgan fingerprint density at radius 1 is 1.45 bits per heavy atom. The van der Waals surface area contributed by atoms with E-state index < -0.39 is 11.5 Å². The number of ether oxygens (including phenoxy) is 1. The number of esters is 1. The fraction of sp³-hybridized carbons (Fsp3) is 0.286. The molecule has 0 fully saturated rings. The maximum Gasteiger partial charge on any atom is 0.331 e. The molecule has 6 heteroatoms. The minimum Gasteiger partial charge on any atom is -0.464 e. The minimum atomic E-state index is -1.23. The molecule has 5 nitrogen and oxygen atoms in total. The van der Waals surface area contributed by atoms with Crippen molar-refractivity contribution in [3.63, 3.8) is 0 Å². The molecular formula is C14H16N2O3S. The second-order valence-electron chi connectivity index (χ2n) is 4.14. The predicted octanol–water partition coefficient (Wildman–Crippen LogP) is 2.18. The maximum absolute atomic E-state index is 12.2. The van der Waals surface area contributed by atoms with Crippen molar-refractivity contribution in [2.75, 3.05) is 12.4 Å². The lowest BCUT2D eigenvalue weighted by molar-refractivity contribution is -0.149. The highest BCUT2D eigenvalue weighted by atomic mass is 32.2. The van der Waals surface area contributed by atoms with Crippen molar-refractivity contribution in [3.05, 3.63) is 48.4 Å². The van der Waals surface area contributed by atoms with Gasteiger partial charge >= 0.3 is 5.97 Å². The molecular weight excluding hydrogens is 276 g/mol. The lowest BCUT2D eigenvalue weighted by Gasteiger charge is -2.26. The normalized spacial score (nSPS) is 13.7. The van der Waals surface area contributed by atoms with Crippen molar-refractivity contribution in [2.24, 2.45) is 5.73 Å². The molecule has 0 spiro atoms. The number of rotatable bonds is 6. The first-order valence-electron chi connectivity index (χ1n) is 6.20.